The molecule has 0 N–H and O–H groups in total. The van der Waals surface area contributed by atoms with Crippen molar-refractivity contribution < 1.29 is 0 Å². The van der Waals surface area contributed by atoms with E-state index in [1.165, 1.54) is 0 Å². The maximum absolute atomic E-state index is 4.33. The van der Waals surface area contributed by atoms with Crippen molar-refractivity contribution in [1.29, 1.82) is 0 Å². The highest BCUT2D eigenvalue weighted by Crippen LogP contribution is 2.18. The fourth-order valence-electron chi connectivity index (χ4n) is 0.957. The average Bonchev–Trinajstić information content (AvgIpc) is 1.81. The molecule has 0 saturated heterocycles. The van der Waals surface area contributed by atoms with Gasteiger partial charge >= 0.3 is 0 Å². The summed E-state index contributed by atoms with van der Waals surface area (Å²) in [5, 5.41) is 1.44. The van der Waals surface area contributed by atoms with Crippen molar-refractivity contribution >= 4 is 11.8 Å². The highest BCUT2D eigenvalue weighted by molar-refractivity contribution is 7.99. The Kier molecular flexibility index (Phi) is 3.09. The molecule has 0 aliphatic rings. The SMILES string of the molecule is Cc1cc(C)nc(SC(C)C)n1. The molecule has 0 atom stereocenters. The van der Waals surface area contributed by atoms with Gasteiger partial charge in [-0.3, -0.25) is 0 Å². The number of aromatic nitrogens is 2. The summed E-state index contributed by atoms with van der Waals surface area (Å²) in [7, 11) is 0. The zero-order chi connectivity index (χ0) is 9.14. The molecule has 3 heteroatoms. The molecule has 1 aromatic heterocycles. The summed E-state index contributed by atoms with van der Waals surface area (Å²) in [6.07, 6.45) is 0. The van der Waals surface area contributed by atoms with Crippen LogP contribution in [0.25, 0.3) is 0 Å². The van der Waals surface area contributed by atoms with Crippen LogP contribution in [0.2, 0.25) is 0 Å². The molecule has 0 aliphatic carbocycles. The predicted octanol–water partition coefficient (Wildman–Crippen LogP) is 2.59. The van der Waals surface area contributed by atoms with Crippen molar-refractivity contribution in [2.24, 2.45) is 0 Å². The van der Waals surface area contributed by atoms with Crippen LogP contribution in [0.4, 0.5) is 0 Å². The van der Waals surface area contributed by atoms with Crippen molar-refractivity contribution in [2.75, 3.05) is 0 Å². The van der Waals surface area contributed by atoms with Gasteiger partial charge in [-0.05, 0) is 19.9 Å². The van der Waals surface area contributed by atoms with Crippen molar-refractivity contribution in [3.63, 3.8) is 0 Å². The van der Waals surface area contributed by atoms with Gasteiger partial charge in [-0.15, -0.1) is 0 Å². The summed E-state index contributed by atoms with van der Waals surface area (Å²) in [6, 6.07) is 1.99. The third kappa shape index (κ3) is 2.81. The van der Waals surface area contributed by atoms with E-state index in [9.17, 15) is 0 Å². The van der Waals surface area contributed by atoms with E-state index in [0.29, 0.717) is 5.25 Å². The summed E-state index contributed by atoms with van der Waals surface area (Å²) in [4.78, 5) is 8.65. The molecule has 0 saturated carbocycles. The van der Waals surface area contributed by atoms with Crippen LogP contribution in [0.5, 0.6) is 0 Å². The van der Waals surface area contributed by atoms with Crippen molar-refractivity contribution in [1.82, 2.24) is 9.97 Å². The quantitative estimate of drug-likeness (QED) is 0.519. The van der Waals surface area contributed by atoms with Crippen LogP contribution in [-0.2, 0) is 0 Å². The van der Waals surface area contributed by atoms with Crippen molar-refractivity contribution in [2.45, 2.75) is 38.1 Å². The first kappa shape index (κ1) is 9.52. The zero-order valence-electron chi connectivity index (χ0n) is 7.96. The number of nitrogens with zero attached hydrogens (tertiary/aromatic N) is 2. The first-order valence-electron chi connectivity index (χ1n) is 4.07. The van der Waals surface area contributed by atoms with Crippen molar-refractivity contribution in [3.05, 3.63) is 17.5 Å². The lowest BCUT2D eigenvalue weighted by Gasteiger charge is -2.04. The van der Waals surface area contributed by atoms with Crippen LogP contribution < -0.4 is 0 Å². The van der Waals surface area contributed by atoms with Gasteiger partial charge in [-0.1, -0.05) is 25.6 Å². The summed E-state index contributed by atoms with van der Waals surface area (Å²) in [6.45, 7) is 8.29. The Morgan fingerprint density at radius 2 is 1.67 bits per heavy atom. The lowest BCUT2D eigenvalue weighted by molar-refractivity contribution is 0.895. The van der Waals surface area contributed by atoms with Gasteiger partial charge in [0, 0.05) is 16.6 Å². The molecule has 0 fully saturated rings. The number of thioether (sulfide) groups is 1. The standard InChI is InChI=1S/C9H14N2S/c1-6(2)12-9-10-7(3)5-8(4)11-9/h5-6H,1-4H3. The fourth-order valence-corrected chi connectivity index (χ4v) is 1.77. The molecular weight excluding hydrogens is 168 g/mol. The summed E-state index contributed by atoms with van der Waals surface area (Å²) < 4.78 is 0. The van der Waals surface area contributed by atoms with Crippen LogP contribution >= 0.6 is 11.8 Å². The summed E-state index contributed by atoms with van der Waals surface area (Å²) in [5.74, 6) is 0. The van der Waals surface area contributed by atoms with E-state index in [1.54, 1.807) is 11.8 Å². The summed E-state index contributed by atoms with van der Waals surface area (Å²) in [5.41, 5.74) is 2.09. The molecule has 12 heavy (non-hydrogen) atoms. The highest BCUT2D eigenvalue weighted by atomic mass is 32.2. The first-order valence-corrected chi connectivity index (χ1v) is 4.95. The Morgan fingerprint density at radius 3 is 2.08 bits per heavy atom. The molecule has 0 unspecified atom stereocenters. The minimum atomic E-state index is 0.547. The second kappa shape index (κ2) is 3.90. The molecule has 1 heterocycles. The van der Waals surface area contributed by atoms with Crippen LogP contribution in [0, 0.1) is 13.8 Å². The molecule has 66 valence electrons. The molecule has 2 nitrogen and oxygen atoms in total. The van der Waals surface area contributed by atoms with Gasteiger partial charge in [0.25, 0.3) is 0 Å². The minimum absolute atomic E-state index is 0.547. The second-order valence-corrected chi connectivity index (χ2v) is 4.64. The van der Waals surface area contributed by atoms with Gasteiger partial charge in [-0.2, -0.15) is 0 Å². The van der Waals surface area contributed by atoms with E-state index in [2.05, 4.69) is 23.8 Å². The van der Waals surface area contributed by atoms with Gasteiger partial charge in [0.05, 0.1) is 0 Å². The van der Waals surface area contributed by atoms with E-state index < -0.39 is 0 Å². The molecule has 0 bridgehead atoms. The monoisotopic (exact) mass is 182 g/mol. The molecular formula is C9H14N2S. The Morgan fingerprint density at radius 1 is 1.17 bits per heavy atom. The first-order chi connectivity index (χ1) is 5.58. The maximum Gasteiger partial charge on any atom is 0.188 e. The topological polar surface area (TPSA) is 25.8 Å². The third-order valence-corrected chi connectivity index (χ3v) is 2.17. The zero-order valence-corrected chi connectivity index (χ0v) is 8.77. The van der Waals surface area contributed by atoms with Crippen LogP contribution in [0.3, 0.4) is 0 Å². The molecule has 0 radical (unpaired) electrons. The largest absolute Gasteiger partial charge is 0.228 e. The number of hydrogen-bond acceptors (Lipinski definition) is 3. The van der Waals surface area contributed by atoms with E-state index >= 15 is 0 Å². The van der Waals surface area contributed by atoms with Gasteiger partial charge < -0.3 is 0 Å². The molecule has 0 spiro atoms. The van der Waals surface area contributed by atoms with Crippen molar-refractivity contribution in [3.8, 4) is 0 Å². The average molecular weight is 182 g/mol. The maximum atomic E-state index is 4.33. The number of aryl methyl sites for hydroxylation is 2. The Balaban J connectivity index is 2.85. The lowest BCUT2D eigenvalue weighted by Crippen LogP contribution is -1.96. The van der Waals surface area contributed by atoms with Gasteiger partial charge in [0.1, 0.15) is 0 Å². The molecule has 0 aliphatic heterocycles. The molecule has 1 rings (SSSR count). The molecule has 0 amide bonds. The smallest absolute Gasteiger partial charge is 0.188 e. The van der Waals surface area contributed by atoms with Crippen LogP contribution in [0.1, 0.15) is 25.2 Å². The minimum Gasteiger partial charge on any atom is -0.228 e. The molecule has 1 aromatic rings. The second-order valence-electron chi connectivity index (χ2n) is 3.10. The number of hydrogen-bond donors (Lipinski definition) is 0. The van der Waals surface area contributed by atoms with E-state index in [-0.39, 0.29) is 0 Å². The summed E-state index contributed by atoms with van der Waals surface area (Å²) >= 11 is 1.70. The Bertz CT molecular complexity index is 251. The van der Waals surface area contributed by atoms with Crippen LogP contribution in [0.15, 0.2) is 11.2 Å². The fraction of sp³-hybridized carbons (Fsp3) is 0.556. The highest BCUT2D eigenvalue weighted by Gasteiger charge is 2.02. The third-order valence-electron chi connectivity index (χ3n) is 1.30. The lowest BCUT2D eigenvalue weighted by atomic mass is 10.4. The van der Waals surface area contributed by atoms with Gasteiger partial charge in [0.15, 0.2) is 5.16 Å². The Labute approximate surface area is 77.8 Å². The Hall–Kier alpha value is -0.570. The van der Waals surface area contributed by atoms with E-state index in [0.717, 1.165) is 16.5 Å². The molecule has 0 aromatic carbocycles. The number of rotatable bonds is 2. The van der Waals surface area contributed by atoms with E-state index in [4.69, 9.17) is 0 Å². The van der Waals surface area contributed by atoms with Gasteiger partial charge in [0.2, 0.25) is 0 Å². The van der Waals surface area contributed by atoms with E-state index in [1.807, 2.05) is 19.9 Å². The van der Waals surface area contributed by atoms with Gasteiger partial charge in [-0.25, -0.2) is 9.97 Å². The normalized spacial score (nSPS) is 10.8. The van der Waals surface area contributed by atoms with Crippen LogP contribution in [-0.4, -0.2) is 15.2 Å². The predicted molar refractivity (Wildman–Crippen MR) is 52.5 cm³/mol.